The molecule has 0 aliphatic heterocycles. The summed E-state index contributed by atoms with van der Waals surface area (Å²) in [7, 11) is 6.41. The molecule has 8 nitrogen and oxygen atoms in total. The van der Waals surface area contributed by atoms with E-state index in [2.05, 4.69) is 97.5 Å². The van der Waals surface area contributed by atoms with Gasteiger partial charge in [0.1, 0.15) is 6.10 Å². The molecule has 0 radical (unpaired) electrons. The maximum absolute atomic E-state index is 12.4. The van der Waals surface area contributed by atoms with E-state index in [0.29, 0.717) is 26.1 Å². The lowest BCUT2D eigenvalue weighted by atomic mass is 9.86. The summed E-state index contributed by atoms with van der Waals surface area (Å²) in [4.78, 5) is 36.5. The quantitative estimate of drug-likeness (QED) is 0.0369. The molecule has 51 heavy (non-hydrogen) atoms. The monoisotopic (exact) mass is 751 g/mol. The summed E-state index contributed by atoms with van der Waals surface area (Å²) >= 11 is 0. The number of ether oxygens (including phenoxy) is 2. The van der Waals surface area contributed by atoms with Crippen molar-refractivity contribution in [3.8, 4) is 0 Å². The second kappa shape index (κ2) is 38.9. The fourth-order valence-electron chi connectivity index (χ4n) is 4.63. The number of rotatable bonds is 31. The molecule has 0 aromatic rings. The first-order chi connectivity index (χ1) is 24.7. The van der Waals surface area contributed by atoms with Gasteiger partial charge < -0.3 is 25.4 Å². The number of unbranched alkanes of at least 4 members (excludes halogenated alkanes) is 4. The molecular weight excluding hydrogens is 679 g/mol. The summed E-state index contributed by atoms with van der Waals surface area (Å²) in [5, 5.41) is 8.60. The molecule has 0 saturated carbocycles. The Kier molecular flexibility index (Phi) is 38.8. The normalized spacial score (nSPS) is 12.6. The molecule has 3 N–H and O–H groups in total. The smallest absolute Gasteiger partial charge is 0.249 e. The highest BCUT2D eigenvalue weighted by molar-refractivity contribution is 8.76. The first-order valence-electron chi connectivity index (χ1n) is 19.0. The Hall–Kier alpha value is -2.27. The first kappa shape index (κ1) is 50.8. The van der Waals surface area contributed by atoms with Gasteiger partial charge in [0.2, 0.25) is 17.7 Å². The van der Waals surface area contributed by atoms with Gasteiger partial charge in [-0.3, -0.25) is 14.4 Å². The Labute approximate surface area is 320 Å². The van der Waals surface area contributed by atoms with Crippen molar-refractivity contribution in [2.24, 2.45) is 5.41 Å². The molecule has 0 aromatic carbocycles. The SMILES string of the molecule is CC/C=C\C/C=C\C/C=C\C/C=C\C/C=C\CCCC(=O)NCCSSCCNC(=O)CCNC(=O)[C@H](OC)C(C)(C)COC.CCCCCC. The minimum atomic E-state index is -0.659. The lowest BCUT2D eigenvalue weighted by Gasteiger charge is -2.31. The number of carbonyl (C=O) groups is 3. The molecule has 3 amide bonds. The molecule has 0 aliphatic carbocycles. The van der Waals surface area contributed by atoms with Gasteiger partial charge in [0.15, 0.2) is 0 Å². The molecule has 0 unspecified atom stereocenters. The van der Waals surface area contributed by atoms with E-state index in [0.717, 1.165) is 56.5 Å². The molecule has 0 aromatic heterocycles. The Morgan fingerprint density at radius 2 is 1.10 bits per heavy atom. The minimum absolute atomic E-state index is 0.0892. The van der Waals surface area contributed by atoms with E-state index in [1.54, 1.807) is 28.7 Å². The van der Waals surface area contributed by atoms with Gasteiger partial charge in [-0.1, -0.05) is 143 Å². The standard InChI is InChI=1S/C35H59N3O5S2.C6H14/c1-6-7-8-9-10-11-12-13-14-15-16-17-18-19-20-21-22-23-31(39)36-26-28-44-45-29-27-37-32(40)24-25-38-34(41)33(43-5)35(2,3)30-42-4;1-3-5-6-4-2/h7-8,10-11,13-14,16-17,19-20,33H,6,9,12,15,18,21-30H2,1-5H3,(H,36,39)(H,37,40)(H,38,41);3-6H2,1-2H3/b8-7-,11-10-,14-13-,17-16-,20-19-;/t33-;/m0./s1. The Morgan fingerprint density at radius 1 is 0.627 bits per heavy atom. The van der Waals surface area contributed by atoms with Crippen LogP contribution in [-0.2, 0) is 23.9 Å². The van der Waals surface area contributed by atoms with Crippen molar-refractivity contribution < 1.29 is 23.9 Å². The lowest BCUT2D eigenvalue weighted by molar-refractivity contribution is -0.140. The van der Waals surface area contributed by atoms with Crippen molar-refractivity contribution in [3.05, 3.63) is 60.8 Å². The molecule has 0 rings (SSSR count). The number of allylic oxidation sites excluding steroid dienone is 10. The van der Waals surface area contributed by atoms with Crippen LogP contribution in [0.1, 0.15) is 118 Å². The van der Waals surface area contributed by atoms with Gasteiger partial charge in [0, 0.05) is 63.6 Å². The van der Waals surface area contributed by atoms with Crippen LogP contribution in [0.25, 0.3) is 0 Å². The van der Waals surface area contributed by atoms with Gasteiger partial charge in [0.05, 0.1) is 6.61 Å². The van der Waals surface area contributed by atoms with Crippen molar-refractivity contribution in [3.63, 3.8) is 0 Å². The first-order valence-corrected chi connectivity index (χ1v) is 21.5. The summed E-state index contributed by atoms with van der Waals surface area (Å²) in [5.41, 5.74) is -0.481. The van der Waals surface area contributed by atoms with E-state index in [-0.39, 0.29) is 30.7 Å². The summed E-state index contributed by atoms with van der Waals surface area (Å²) < 4.78 is 10.5. The van der Waals surface area contributed by atoms with Crippen molar-refractivity contribution in [1.82, 2.24) is 16.0 Å². The lowest BCUT2D eigenvalue weighted by Crippen LogP contribution is -2.47. The fraction of sp³-hybridized carbons (Fsp3) is 0.683. The van der Waals surface area contributed by atoms with Crippen LogP contribution in [0.3, 0.4) is 0 Å². The van der Waals surface area contributed by atoms with E-state index < -0.39 is 11.5 Å². The number of hydrogen-bond acceptors (Lipinski definition) is 7. The zero-order chi connectivity index (χ0) is 38.3. The average Bonchev–Trinajstić information content (AvgIpc) is 3.10. The van der Waals surface area contributed by atoms with Crippen LogP contribution in [0.5, 0.6) is 0 Å². The molecular formula is C41H73N3O5S2. The molecule has 0 saturated heterocycles. The van der Waals surface area contributed by atoms with Crippen LogP contribution in [0.4, 0.5) is 0 Å². The third kappa shape index (κ3) is 35.9. The fourth-order valence-corrected chi connectivity index (χ4v) is 6.44. The highest BCUT2D eigenvalue weighted by atomic mass is 33.1. The second-order valence-corrected chi connectivity index (χ2v) is 15.4. The van der Waals surface area contributed by atoms with Crippen molar-refractivity contribution in [2.45, 2.75) is 124 Å². The number of carbonyl (C=O) groups excluding carboxylic acids is 3. The summed E-state index contributed by atoms with van der Waals surface area (Å²) in [6, 6.07) is 0. The molecule has 0 heterocycles. The Bertz CT molecular complexity index is 992. The van der Waals surface area contributed by atoms with E-state index in [9.17, 15) is 14.4 Å². The Morgan fingerprint density at radius 3 is 1.55 bits per heavy atom. The highest BCUT2D eigenvalue weighted by Crippen LogP contribution is 2.23. The maximum Gasteiger partial charge on any atom is 0.249 e. The summed E-state index contributed by atoms with van der Waals surface area (Å²) in [5.74, 6) is 1.30. The zero-order valence-electron chi connectivity index (χ0n) is 33.1. The van der Waals surface area contributed by atoms with E-state index in [1.807, 2.05) is 13.8 Å². The van der Waals surface area contributed by atoms with Crippen LogP contribution in [0.2, 0.25) is 0 Å². The maximum atomic E-state index is 12.4. The van der Waals surface area contributed by atoms with Gasteiger partial charge in [-0.25, -0.2) is 0 Å². The average molecular weight is 752 g/mol. The van der Waals surface area contributed by atoms with Crippen LogP contribution < -0.4 is 16.0 Å². The topological polar surface area (TPSA) is 106 Å². The van der Waals surface area contributed by atoms with Gasteiger partial charge in [0.25, 0.3) is 0 Å². The molecule has 294 valence electrons. The molecule has 0 spiro atoms. The largest absolute Gasteiger partial charge is 0.384 e. The molecule has 1 atom stereocenters. The summed E-state index contributed by atoms with van der Waals surface area (Å²) in [6.07, 6.45) is 34.2. The predicted molar refractivity (Wildman–Crippen MR) is 223 cm³/mol. The predicted octanol–water partition coefficient (Wildman–Crippen LogP) is 9.30. The number of methoxy groups -OCH3 is 2. The van der Waals surface area contributed by atoms with Gasteiger partial charge >= 0.3 is 0 Å². The minimum Gasteiger partial charge on any atom is -0.384 e. The van der Waals surface area contributed by atoms with Gasteiger partial charge in [-0.15, -0.1) is 0 Å². The number of nitrogens with one attached hydrogen (secondary N) is 3. The van der Waals surface area contributed by atoms with E-state index in [4.69, 9.17) is 9.47 Å². The number of amides is 3. The highest BCUT2D eigenvalue weighted by Gasteiger charge is 2.35. The van der Waals surface area contributed by atoms with E-state index in [1.165, 1.54) is 32.8 Å². The third-order valence-corrected chi connectivity index (χ3v) is 9.75. The van der Waals surface area contributed by atoms with Crippen LogP contribution in [-0.4, -0.2) is 75.8 Å². The van der Waals surface area contributed by atoms with Gasteiger partial charge in [-0.05, 0) is 44.9 Å². The van der Waals surface area contributed by atoms with Crippen LogP contribution in [0.15, 0.2) is 60.8 Å². The van der Waals surface area contributed by atoms with Gasteiger partial charge in [-0.2, -0.15) is 0 Å². The number of hydrogen-bond donors (Lipinski definition) is 3. The van der Waals surface area contributed by atoms with E-state index >= 15 is 0 Å². The van der Waals surface area contributed by atoms with Crippen molar-refractivity contribution in [1.29, 1.82) is 0 Å². The molecule has 10 heteroatoms. The van der Waals surface area contributed by atoms with Crippen molar-refractivity contribution in [2.75, 3.05) is 52.0 Å². The molecule has 0 bridgehead atoms. The van der Waals surface area contributed by atoms with Crippen molar-refractivity contribution >= 4 is 39.3 Å². The second-order valence-electron chi connectivity index (χ2n) is 12.7. The Balaban J connectivity index is 0. The van der Waals surface area contributed by atoms with Crippen LogP contribution >= 0.6 is 21.6 Å². The zero-order valence-corrected chi connectivity index (χ0v) is 34.8. The molecule has 0 fully saturated rings. The third-order valence-electron chi connectivity index (χ3n) is 7.34. The van der Waals surface area contributed by atoms with Crippen LogP contribution in [0, 0.1) is 5.41 Å². The molecule has 0 aliphatic rings. The summed E-state index contributed by atoms with van der Waals surface area (Å²) in [6.45, 7) is 12.2.